The second kappa shape index (κ2) is 7.88. The number of Topliss-reactive ketones (excluding diaryl/α,β-unsaturated/α-hetero) is 1. The van der Waals surface area contributed by atoms with E-state index in [1.807, 2.05) is 30.3 Å². The zero-order valence-corrected chi connectivity index (χ0v) is 13.5. The summed E-state index contributed by atoms with van der Waals surface area (Å²) in [5.41, 5.74) is 3.15. The Kier molecular flexibility index (Phi) is 5.39. The fraction of sp³-hybridized carbons (Fsp3) is 0.300. The van der Waals surface area contributed by atoms with Crippen LogP contribution in [0.15, 0.2) is 54.6 Å². The smallest absolute Gasteiger partial charge is 0.220 e. The molecule has 0 saturated carbocycles. The molecule has 3 rings (SSSR count). The summed E-state index contributed by atoms with van der Waals surface area (Å²) in [5, 5.41) is 2.87. The summed E-state index contributed by atoms with van der Waals surface area (Å²) >= 11 is 0. The van der Waals surface area contributed by atoms with Gasteiger partial charge in [-0.3, -0.25) is 9.59 Å². The van der Waals surface area contributed by atoms with Crippen molar-refractivity contribution in [3.8, 4) is 0 Å². The molecule has 0 fully saturated rings. The summed E-state index contributed by atoms with van der Waals surface area (Å²) in [6.45, 7) is 1.07. The summed E-state index contributed by atoms with van der Waals surface area (Å²) in [7, 11) is 0. The molecule has 1 aliphatic rings. The first-order valence-electron chi connectivity index (χ1n) is 8.25. The van der Waals surface area contributed by atoms with Crippen LogP contribution in [-0.4, -0.2) is 24.3 Å². The summed E-state index contributed by atoms with van der Waals surface area (Å²) in [4.78, 5) is 23.9. The number of carbonyl (C=O) groups is 2. The third-order valence-corrected chi connectivity index (χ3v) is 4.24. The van der Waals surface area contributed by atoms with Crippen LogP contribution < -0.4 is 5.32 Å². The fourth-order valence-electron chi connectivity index (χ4n) is 2.85. The molecular formula is C20H21NO3. The van der Waals surface area contributed by atoms with Crippen molar-refractivity contribution in [2.75, 3.05) is 6.54 Å². The van der Waals surface area contributed by atoms with Crippen molar-refractivity contribution >= 4 is 11.7 Å². The van der Waals surface area contributed by atoms with Gasteiger partial charge in [0.05, 0.1) is 12.7 Å². The zero-order valence-electron chi connectivity index (χ0n) is 13.5. The monoisotopic (exact) mass is 323 g/mol. The number of rotatable bonds is 6. The minimum absolute atomic E-state index is 0.00586. The molecule has 1 amide bonds. The fourth-order valence-corrected chi connectivity index (χ4v) is 2.85. The van der Waals surface area contributed by atoms with E-state index in [4.69, 9.17) is 4.74 Å². The second-order valence-electron chi connectivity index (χ2n) is 6.00. The minimum atomic E-state index is -0.110. The van der Waals surface area contributed by atoms with Crippen LogP contribution in [0.1, 0.15) is 34.3 Å². The standard InChI is InChI=1S/C20H21NO3/c22-19(15-6-2-1-3-7-15)10-11-20(23)21-13-18-12-16-8-4-5-9-17(16)14-24-18/h1-9,18H,10-14H2,(H,21,23). The average molecular weight is 323 g/mol. The van der Waals surface area contributed by atoms with E-state index in [1.54, 1.807) is 12.1 Å². The number of hydrogen-bond acceptors (Lipinski definition) is 3. The molecule has 0 saturated heterocycles. The van der Waals surface area contributed by atoms with Crippen molar-refractivity contribution in [3.63, 3.8) is 0 Å². The molecule has 4 nitrogen and oxygen atoms in total. The summed E-state index contributed by atoms with van der Waals surface area (Å²) in [6.07, 6.45) is 1.23. The van der Waals surface area contributed by atoms with Gasteiger partial charge in [-0.05, 0) is 11.1 Å². The lowest BCUT2D eigenvalue weighted by Crippen LogP contribution is -2.36. The highest BCUT2D eigenvalue weighted by Gasteiger charge is 2.19. The first-order valence-corrected chi connectivity index (χ1v) is 8.25. The van der Waals surface area contributed by atoms with Gasteiger partial charge in [0.15, 0.2) is 5.78 Å². The summed E-state index contributed by atoms with van der Waals surface area (Å²) < 4.78 is 5.77. The first-order chi connectivity index (χ1) is 11.7. The third-order valence-electron chi connectivity index (χ3n) is 4.24. The Bertz CT molecular complexity index is 712. The molecule has 1 heterocycles. The van der Waals surface area contributed by atoms with E-state index in [2.05, 4.69) is 17.4 Å². The summed E-state index contributed by atoms with van der Waals surface area (Å²) in [6, 6.07) is 17.3. The number of fused-ring (bicyclic) bond motifs is 1. The lowest BCUT2D eigenvalue weighted by atomic mass is 9.99. The van der Waals surface area contributed by atoms with Crippen LogP contribution in [0.25, 0.3) is 0 Å². The Balaban J connectivity index is 1.41. The Morgan fingerprint density at radius 3 is 2.46 bits per heavy atom. The van der Waals surface area contributed by atoms with Gasteiger partial charge < -0.3 is 10.1 Å². The number of nitrogens with one attached hydrogen (secondary N) is 1. The van der Waals surface area contributed by atoms with Crippen LogP contribution in [0, 0.1) is 0 Å². The Hall–Kier alpha value is -2.46. The molecule has 1 unspecified atom stereocenters. The number of carbonyl (C=O) groups excluding carboxylic acids is 2. The van der Waals surface area contributed by atoms with E-state index in [9.17, 15) is 9.59 Å². The zero-order chi connectivity index (χ0) is 16.8. The van der Waals surface area contributed by atoms with Crippen LogP contribution >= 0.6 is 0 Å². The molecule has 4 heteroatoms. The molecule has 1 N–H and O–H groups in total. The van der Waals surface area contributed by atoms with Crippen molar-refractivity contribution in [2.45, 2.75) is 32.0 Å². The predicted molar refractivity (Wildman–Crippen MR) is 91.7 cm³/mol. The maximum atomic E-state index is 12.0. The molecule has 0 spiro atoms. The molecule has 0 bridgehead atoms. The van der Waals surface area contributed by atoms with E-state index in [0.717, 1.165) is 6.42 Å². The van der Waals surface area contributed by atoms with Gasteiger partial charge in [0.2, 0.25) is 5.91 Å². The highest BCUT2D eigenvalue weighted by Crippen LogP contribution is 2.19. The van der Waals surface area contributed by atoms with Gasteiger partial charge in [-0.25, -0.2) is 0 Å². The van der Waals surface area contributed by atoms with Crippen LogP contribution in [0.3, 0.4) is 0 Å². The van der Waals surface area contributed by atoms with Gasteiger partial charge in [-0.2, -0.15) is 0 Å². The van der Waals surface area contributed by atoms with Gasteiger partial charge in [0.1, 0.15) is 0 Å². The molecule has 1 atom stereocenters. The van der Waals surface area contributed by atoms with Crippen LogP contribution in [0.5, 0.6) is 0 Å². The normalized spacial score (nSPS) is 16.2. The minimum Gasteiger partial charge on any atom is -0.371 e. The largest absolute Gasteiger partial charge is 0.371 e. The second-order valence-corrected chi connectivity index (χ2v) is 6.00. The first kappa shape index (κ1) is 16.4. The molecular weight excluding hydrogens is 302 g/mol. The summed E-state index contributed by atoms with van der Waals surface area (Å²) in [5.74, 6) is -0.115. The molecule has 1 aliphatic heterocycles. The van der Waals surface area contributed by atoms with Crippen LogP contribution in [0.2, 0.25) is 0 Å². The van der Waals surface area contributed by atoms with Crippen LogP contribution in [-0.2, 0) is 22.6 Å². The number of ether oxygens (including phenoxy) is 1. The molecule has 24 heavy (non-hydrogen) atoms. The SMILES string of the molecule is O=C(CCC(=O)c1ccccc1)NCC1Cc2ccccc2CO1. The van der Waals surface area contributed by atoms with Crippen molar-refractivity contribution in [2.24, 2.45) is 0 Å². The quantitative estimate of drug-likeness (QED) is 0.832. The maximum absolute atomic E-state index is 12.0. The average Bonchev–Trinajstić information content (AvgIpc) is 2.65. The Morgan fingerprint density at radius 2 is 1.67 bits per heavy atom. The van der Waals surface area contributed by atoms with E-state index in [0.29, 0.717) is 18.7 Å². The van der Waals surface area contributed by atoms with Crippen molar-refractivity contribution < 1.29 is 14.3 Å². The number of benzene rings is 2. The van der Waals surface area contributed by atoms with E-state index < -0.39 is 0 Å². The third kappa shape index (κ3) is 4.30. The van der Waals surface area contributed by atoms with E-state index in [-0.39, 0.29) is 30.6 Å². The van der Waals surface area contributed by atoms with Gasteiger partial charge in [-0.1, -0.05) is 54.6 Å². The molecule has 2 aromatic carbocycles. The maximum Gasteiger partial charge on any atom is 0.220 e. The number of amides is 1. The molecule has 0 aromatic heterocycles. The van der Waals surface area contributed by atoms with E-state index in [1.165, 1.54) is 11.1 Å². The lowest BCUT2D eigenvalue weighted by molar-refractivity contribution is -0.121. The highest BCUT2D eigenvalue weighted by atomic mass is 16.5. The Labute approximate surface area is 141 Å². The van der Waals surface area contributed by atoms with E-state index >= 15 is 0 Å². The lowest BCUT2D eigenvalue weighted by Gasteiger charge is -2.25. The van der Waals surface area contributed by atoms with Crippen molar-refractivity contribution in [1.29, 1.82) is 0 Å². The van der Waals surface area contributed by atoms with Gasteiger partial charge >= 0.3 is 0 Å². The van der Waals surface area contributed by atoms with Gasteiger partial charge in [-0.15, -0.1) is 0 Å². The van der Waals surface area contributed by atoms with Crippen molar-refractivity contribution in [3.05, 3.63) is 71.3 Å². The topological polar surface area (TPSA) is 55.4 Å². The van der Waals surface area contributed by atoms with Crippen LogP contribution in [0.4, 0.5) is 0 Å². The molecule has 0 radical (unpaired) electrons. The molecule has 124 valence electrons. The van der Waals surface area contributed by atoms with Crippen molar-refractivity contribution in [1.82, 2.24) is 5.32 Å². The number of hydrogen-bond donors (Lipinski definition) is 1. The Morgan fingerprint density at radius 1 is 0.958 bits per heavy atom. The van der Waals surface area contributed by atoms with Gasteiger partial charge in [0.25, 0.3) is 0 Å². The molecule has 2 aromatic rings. The number of ketones is 1. The predicted octanol–water partition coefficient (Wildman–Crippen LogP) is 2.91. The highest BCUT2D eigenvalue weighted by molar-refractivity contribution is 5.97. The molecule has 0 aliphatic carbocycles. The van der Waals surface area contributed by atoms with Gasteiger partial charge in [0, 0.05) is 31.4 Å².